The molecule has 0 radical (unpaired) electrons. The molecule has 0 heterocycles. The lowest BCUT2D eigenvalue weighted by molar-refractivity contribution is 0.450. The van der Waals surface area contributed by atoms with Gasteiger partial charge in [0, 0.05) is 0 Å². The van der Waals surface area contributed by atoms with Crippen molar-refractivity contribution in [1.82, 2.24) is 16.0 Å². The minimum absolute atomic E-state index is 0.778. The molecule has 0 amide bonds. The molecule has 0 aliphatic carbocycles. The van der Waals surface area contributed by atoms with E-state index in [0.717, 1.165) is 51.0 Å². The normalized spacial score (nSPS) is 12.9. The summed E-state index contributed by atoms with van der Waals surface area (Å²) in [5.74, 6) is 1.62. The number of rotatable bonds is 18. The van der Waals surface area contributed by atoms with Crippen LogP contribution in [-0.4, -0.2) is 45.8 Å². The molecule has 0 saturated carbocycles. The van der Waals surface area contributed by atoms with Gasteiger partial charge in [-0.2, -0.15) is 0 Å². The van der Waals surface area contributed by atoms with Crippen LogP contribution in [0.15, 0.2) is 0 Å². The van der Waals surface area contributed by atoms with Gasteiger partial charge in [0.2, 0.25) is 0 Å². The molecule has 1 unspecified atom stereocenters. The third-order valence-electron chi connectivity index (χ3n) is 4.19. The Kier molecular flexibility index (Phi) is 18.1. The lowest BCUT2D eigenvalue weighted by Crippen LogP contribution is -2.25. The number of nitrogens with two attached hydrogens (primary N) is 1. The topological polar surface area (TPSA) is 62.1 Å². The zero-order valence-electron chi connectivity index (χ0n) is 16.1. The Balaban J connectivity index is 3.13. The van der Waals surface area contributed by atoms with Gasteiger partial charge in [-0.1, -0.05) is 20.8 Å². The van der Waals surface area contributed by atoms with E-state index in [9.17, 15) is 0 Å². The molecule has 4 nitrogen and oxygen atoms in total. The first kappa shape index (κ1) is 22.8. The molecule has 0 rings (SSSR count). The minimum Gasteiger partial charge on any atom is -0.330 e. The second-order valence-corrected chi connectivity index (χ2v) is 7.34. The number of hydrogen-bond acceptors (Lipinski definition) is 4. The minimum atomic E-state index is 0.778. The van der Waals surface area contributed by atoms with E-state index >= 15 is 0 Å². The predicted molar refractivity (Wildman–Crippen MR) is 104 cm³/mol. The van der Waals surface area contributed by atoms with Crippen LogP contribution in [-0.2, 0) is 0 Å². The quantitative estimate of drug-likeness (QED) is 0.292. The van der Waals surface area contributed by atoms with Crippen molar-refractivity contribution in [1.29, 1.82) is 0 Å². The first-order valence-electron chi connectivity index (χ1n) is 9.99. The summed E-state index contributed by atoms with van der Waals surface area (Å²) >= 11 is 0. The van der Waals surface area contributed by atoms with Crippen LogP contribution in [0.25, 0.3) is 0 Å². The molecule has 4 heteroatoms. The predicted octanol–water partition coefficient (Wildman–Crippen LogP) is 2.74. The zero-order valence-corrected chi connectivity index (χ0v) is 16.1. The lowest BCUT2D eigenvalue weighted by Gasteiger charge is -2.13. The smallest absolute Gasteiger partial charge is 0.00231 e. The first-order chi connectivity index (χ1) is 11.2. The van der Waals surface area contributed by atoms with Gasteiger partial charge in [-0.3, -0.25) is 0 Å². The molecule has 140 valence electrons. The van der Waals surface area contributed by atoms with Crippen molar-refractivity contribution in [3.63, 3.8) is 0 Å². The van der Waals surface area contributed by atoms with Gasteiger partial charge in [-0.05, 0) is 103 Å². The number of unbranched alkanes of at least 4 members (excludes halogenated alkanes) is 1. The van der Waals surface area contributed by atoms with Crippen LogP contribution in [0.4, 0.5) is 0 Å². The van der Waals surface area contributed by atoms with Crippen molar-refractivity contribution in [3.05, 3.63) is 0 Å². The average molecular weight is 329 g/mol. The molecule has 0 aromatic heterocycles. The van der Waals surface area contributed by atoms with Gasteiger partial charge >= 0.3 is 0 Å². The number of nitrogens with one attached hydrogen (secondary N) is 3. The lowest BCUT2D eigenvalue weighted by atomic mass is 10.1. The van der Waals surface area contributed by atoms with Gasteiger partial charge < -0.3 is 21.7 Å². The maximum absolute atomic E-state index is 5.47. The molecular weight excluding hydrogens is 284 g/mol. The highest BCUT2D eigenvalue weighted by atomic mass is 14.9. The monoisotopic (exact) mass is 328 g/mol. The Morgan fingerprint density at radius 2 is 1.17 bits per heavy atom. The van der Waals surface area contributed by atoms with E-state index in [4.69, 9.17) is 5.73 Å². The van der Waals surface area contributed by atoms with Gasteiger partial charge in [0.05, 0.1) is 0 Å². The highest BCUT2D eigenvalue weighted by Crippen LogP contribution is 2.03. The molecule has 0 spiro atoms. The highest BCUT2D eigenvalue weighted by molar-refractivity contribution is 4.60. The van der Waals surface area contributed by atoms with Crippen LogP contribution in [0.2, 0.25) is 0 Å². The van der Waals surface area contributed by atoms with E-state index in [0.29, 0.717) is 0 Å². The van der Waals surface area contributed by atoms with Crippen molar-refractivity contribution in [3.8, 4) is 0 Å². The standard InChI is InChI=1S/C19H44N4/c1-18(2)9-6-14-21-12-4-5-13-23-17-19(3)10-7-15-22-16-8-11-20/h18-19,21-23H,4-17,20H2,1-3H3. The second-order valence-electron chi connectivity index (χ2n) is 7.34. The molecule has 0 bridgehead atoms. The average Bonchev–Trinajstić information content (AvgIpc) is 2.52. The molecular formula is C19H44N4. The summed E-state index contributed by atoms with van der Waals surface area (Å²) in [6.07, 6.45) is 8.89. The van der Waals surface area contributed by atoms with Crippen LogP contribution in [0.5, 0.6) is 0 Å². The van der Waals surface area contributed by atoms with Crippen molar-refractivity contribution in [2.75, 3.05) is 45.8 Å². The Hall–Kier alpha value is -0.160. The maximum Gasteiger partial charge on any atom is -0.00231 e. The number of hydrogen-bond donors (Lipinski definition) is 4. The van der Waals surface area contributed by atoms with Crippen molar-refractivity contribution in [2.45, 2.75) is 65.7 Å². The highest BCUT2D eigenvalue weighted by Gasteiger charge is 2.01. The third-order valence-corrected chi connectivity index (χ3v) is 4.19. The summed E-state index contributed by atoms with van der Waals surface area (Å²) in [4.78, 5) is 0. The van der Waals surface area contributed by atoms with Crippen molar-refractivity contribution < 1.29 is 0 Å². The van der Waals surface area contributed by atoms with E-state index < -0.39 is 0 Å². The summed E-state index contributed by atoms with van der Waals surface area (Å²) in [5.41, 5.74) is 5.47. The first-order valence-corrected chi connectivity index (χ1v) is 9.99. The van der Waals surface area contributed by atoms with E-state index in [1.54, 1.807) is 0 Å². The summed E-state index contributed by atoms with van der Waals surface area (Å²) in [6.45, 7) is 14.6. The summed E-state index contributed by atoms with van der Waals surface area (Å²) in [7, 11) is 0. The van der Waals surface area contributed by atoms with E-state index in [1.165, 1.54) is 51.6 Å². The van der Waals surface area contributed by atoms with E-state index in [-0.39, 0.29) is 0 Å². The Labute approximate surface area is 145 Å². The van der Waals surface area contributed by atoms with E-state index in [1.807, 2.05) is 0 Å². The Morgan fingerprint density at radius 1 is 0.652 bits per heavy atom. The SMILES string of the molecule is CC(C)CCCNCCCCNCC(C)CCCNCCCN. The van der Waals surface area contributed by atoms with Crippen LogP contribution < -0.4 is 21.7 Å². The Bertz CT molecular complexity index is 221. The summed E-state index contributed by atoms with van der Waals surface area (Å²) < 4.78 is 0. The van der Waals surface area contributed by atoms with Gasteiger partial charge in [0.1, 0.15) is 0 Å². The van der Waals surface area contributed by atoms with Crippen LogP contribution >= 0.6 is 0 Å². The van der Waals surface area contributed by atoms with Gasteiger partial charge in [0.25, 0.3) is 0 Å². The molecule has 0 aromatic rings. The molecule has 0 aliphatic rings. The Morgan fingerprint density at radius 3 is 1.78 bits per heavy atom. The van der Waals surface area contributed by atoms with Crippen molar-refractivity contribution in [2.24, 2.45) is 17.6 Å². The van der Waals surface area contributed by atoms with Gasteiger partial charge in [-0.15, -0.1) is 0 Å². The maximum atomic E-state index is 5.47. The molecule has 23 heavy (non-hydrogen) atoms. The van der Waals surface area contributed by atoms with Gasteiger partial charge in [0.15, 0.2) is 0 Å². The van der Waals surface area contributed by atoms with E-state index in [2.05, 4.69) is 36.7 Å². The third kappa shape index (κ3) is 19.8. The fourth-order valence-electron chi connectivity index (χ4n) is 2.64. The van der Waals surface area contributed by atoms with Crippen LogP contribution in [0.1, 0.15) is 65.7 Å². The van der Waals surface area contributed by atoms with Crippen LogP contribution in [0, 0.1) is 11.8 Å². The molecule has 0 aliphatic heterocycles. The van der Waals surface area contributed by atoms with Gasteiger partial charge in [-0.25, -0.2) is 0 Å². The van der Waals surface area contributed by atoms with Crippen molar-refractivity contribution >= 4 is 0 Å². The zero-order chi connectivity index (χ0) is 17.2. The molecule has 5 N–H and O–H groups in total. The molecule has 0 saturated heterocycles. The molecule has 1 atom stereocenters. The fraction of sp³-hybridized carbons (Fsp3) is 1.00. The summed E-state index contributed by atoms with van der Waals surface area (Å²) in [6, 6.07) is 0. The second kappa shape index (κ2) is 18.2. The summed E-state index contributed by atoms with van der Waals surface area (Å²) in [5, 5.41) is 10.6. The fourth-order valence-corrected chi connectivity index (χ4v) is 2.64. The molecule has 0 aromatic carbocycles. The molecule has 0 fully saturated rings. The largest absolute Gasteiger partial charge is 0.330 e. The van der Waals surface area contributed by atoms with Crippen LogP contribution in [0.3, 0.4) is 0 Å².